The van der Waals surface area contributed by atoms with Gasteiger partial charge in [-0.25, -0.2) is 0 Å². The summed E-state index contributed by atoms with van der Waals surface area (Å²) in [5.74, 6) is 0.792. The van der Waals surface area contributed by atoms with Crippen molar-refractivity contribution in [1.82, 2.24) is 9.88 Å². The molecule has 1 heterocycles. The zero-order valence-corrected chi connectivity index (χ0v) is 10.3. The van der Waals surface area contributed by atoms with Gasteiger partial charge in [-0.1, -0.05) is 20.8 Å². The first-order valence-electron chi connectivity index (χ1n) is 6.08. The second kappa shape index (κ2) is 6.67. The van der Waals surface area contributed by atoms with E-state index in [1.165, 1.54) is 18.5 Å². The molecule has 1 aromatic heterocycles. The zero-order chi connectivity index (χ0) is 11.1. The van der Waals surface area contributed by atoms with E-state index in [1.54, 1.807) is 0 Å². The summed E-state index contributed by atoms with van der Waals surface area (Å²) in [6.45, 7) is 10.0. The smallest absolute Gasteiger partial charge is 0.0359 e. The molecule has 1 rings (SSSR count). The van der Waals surface area contributed by atoms with E-state index in [9.17, 15) is 0 Å². The van der Waals surface area contributed by atoms with Crippen molar-refractivity contribution in [3.63, 3.8) is 0 Å². The molecule has 0 fully saturated rings. The van der Waals surface area contributed by atoms with Crippen molar-refractivity contribution < 1.29 is 0 Å². The van der Waals surface area contributed by atoms with Crippen LogP contribution in [0.15, 0.2) is 18.3 Å². The van der Waals surface area contributed by atoms with Crippen LogP contribution in [0.1, 0.15) is 39.3 Å². The molecule has 0 unspecified atom stereocenters. The number of nitrogens with one attached hydrogen (secondary N) is 1. The highest BCUT2D eigenvalue weighted by molar-refractivity contribution is 5.06. The first kappa shape index (κ1) is 12.3. The van der Waals surface area contributed by atoms with Gasteiger partial charge in [0.05, 0.1) is 0 Å². The van der Waals surface area contributed by atoms with Gasteiger partial charge in [-0.3, -0.25) is 0 Å². The summed E-state index contributed by atoms with van der Waals surface area (Å²) in [7, 11) is 0. The largest absolute Gasteiger partial charge is 0.350 e. The monoisotopic (exact) mass is 208 g/mol. The Bertz CT molecular complexity index is 263. The minimum atomic E-state index is 0.792. The molecule has 2 heteroatoms. The Morgan fingerprint density at radius 3 is 2.87 bits per heavy atom. The predicted molar refractivity (Wildman–Crippen MR) is 65.9 cm³/mol. The molecule has 0 spiro atoms. The maximum atomic E-state index is 3.50. The minimum absolute atomic E-state index is 0.792. The summed E-state index contributed by atoms with van der Waals surface area (Å²) in [5, 5.41) is 3.50. The van der Waals surface area contributed by atoms with Crippen LogP contribution in [0.25, 0.3) is 0 Å². The van der Waals surface area contributed by atoms with Crippen molar-refractivity contribution in [1.29, 1.82) is 0 Å². The lowest BCUT2D eigenvalue weighted by Crippen LogP contribution is -2.18. The van der Waals surface area contributed by atoms with Crippen molar-refractivity contribution in [3.8, 4) is 0 Å². The van der Waals surface area contributed by atoms with Crippen molar-refractivity contribution in [2.24, 2.45) is 5.92 Å². The molecule has 1 N–H and O–H groups in total. The molecule has 1 aromatic rings. The Labute approximate surface area is 93.7 Å². The lowest BCUT2D eigenvalue weighted by Gasteiger charge is -2.10. The summed E-state index contributed by atoms with van der Waals surface area (Å²) >= 11 is 0. The van der Waals surface area contributed by atoms with Gasteiger partial charge in [0.15, 0.2) is 0 Å². The third-order valence-electron chi connectivity index (χ3n) is 2.59. The molecule has 86 valence electrons. The summed E-state index contributed by atoms with van der Waals surface area (Å²) in [4.78, 5) is 0. The number of nitrogens with zero attached hydrogens (tertiary/aromatic N) is 1. The molecular formula is C13H24N2. The van der Waals surface area contributed by atoms with Gasteiger partial charge < -0.3 is 9.88 Å². The average molecular weight is 208 g/mol. The normalized spacial score (nSPS) is 11.2. The lowest BCUT2D eigenvalue weighted by atomic mass is 10.1. The Morgan fingerprint density at radius 2 is 2.20 bits per heavy atom. The van der Waals surface area contributed by atoms with Crippen molar-refractivity contribution in [2.45, 2.75) is 46.7 Å². The number of hydrogen-bond donors (Lipinski definition) is 1. The standard InChI is InChI=1S/C13H24N2/c1-4-9-15-10-5-6-13(15)11-14-8-7-12(2)3/h5-6,10,12,14H,4,7-9,11H2,1-3H3. The molecule has 0 aliphatic rings. The SMILES string of the molecule is CCCn1cccc1CNCCC(C)C. The van der Waals surface area contributed by atoms with Gasteiger partial charge in [-0.05, 0) is 37.4 Å². The molecule has 2 nitrogen and oxygen atoms in total. The van der Waals surface area contributed by atoms with Crippen LogP contribution < -0.4 is 5.32 Å². The van der Waals surface area contributed by atoms with Crippen LogP contribution in [-0.4, -0.2) is 11.1 Å². The van der Waals surface area contributed by atoms with E-state index in [2.05, 4.69) is 49.0 Å². The molecule has 0 aromatic carbocycles. The van der Waals surface area contributed by atoms with E-state index in [0.717, 1.165) is 25.6 Å². The summed E-state index contributed by atoms with van der Waals surface area (Å²) < 4.78 is 2.34. The van der Waals surface area contributed by atoms with E-state index >= 15 is 0 Å². The van der Waals surface area contributed by atoms with E-state index in [1.807, 2.05) is 0 Å². The lowest BCUT2D eigenvalue weighted by molar-refractivity contribution is 0.525. The van der Waals surface area contributed by atoms with Gasteiger partial charge >= 0.3 is 0 Å². The first-order chi connectivity index (χ1) is 7.24. The molecule has 15 heavy (non-hydrogen) atoms. The maximum absolute atomic E-state index is 3.50. The number of rotatable bonds is 7. The van der Waals surface area contributed by atoms with Crippen LogP contribution >= 0.6 is 0 Å². The van der Waals surface area contributed by atoms with Gasteiger partial charge in [0.2, 0.25) is 0 Å². The van der Waals surface area contributed by atoms with E-state index in [4.69, 9.17) is 0 Å². The van der Waals surface area contributed by atoms with Gasteiger partial charge in [0.25, 0.3) is 0 Å². The second-order valence-electron chi connectivity index (χ2n) is 4.55. The molecule has 0 aliphatic carbocycles. The number of aryl methyl sites for hydroxylation is 1. The Balaban J connectivity index is 2.27. The van der Waals surface area contributed by atoms with Gasteiger partial charge in [0.1, 0.15) is 0 Å². The Morgan fingerprint density at radius 1 is 1.40 bits per heavy atom. The average Bonchev–Trinajstić information content (AvgIpc) is 2.61. The molecule has 0 aliphatic heterocycles. The third-order valence-corrected chi connectivity index (χ3v) is 2.59. The van der Waals surface area contributed by atoms with Crippen molar-refractivity contribution >= 4 is 0 Å². The van der Waals surface area contributed by atoms with Crippen molar-refractivity contribution in [2.75, 3.05) is 6.54 Å². The highest BCUT2D eigenvalue weighted by Gasteiger charge is 1.99. The summed E-state index contributed by atoms with van der Waals surface area (Å²) in [6.07, 6.45) is 4.63. The van der Waals surface area contributed by atoms with Gasteiger partial charge in [-0.2, -0.15) is 0 Å². The second-order valence-corrected chi connectivity index (χ2v) is 4.55. The molecular weight excluding hydrogens is 184 g/mol. The molecule has 0 amide bonds. The first-order valence-corrected chi connectivity index (χ1v) is 6.08. The number of hydrogen-bond acceptors (Lipinski definition) is 1. The maximum Gasteiger partial charge on any atom is 0.0359 e. The molecule has 0 saturated carbocycles. The van der Waals surface area contributed by atoms with Gasteiger partial charge in [0, 0.05) is 25.0 Å². The summed E-state index contributed by atoms with van der Waals surface area (Å²) in [5.41, 5.74) is 1.40. The van der Waals surface area contributed by atoms with E-state index in [0.29, 0.717) is 0 Å². The summed E-state index contributed by atoms with van der Waals surface area (Å²) in [6, 6.07) is 4.34. The van der Waals surface area contributed by atoms with Crippen LogP contribution in [0.4, 0.5) is 0 Å². The van der Waals surface area contributed by atoms with Crippen LogP contribution in [0.2, 0.25) is 0 Å². The van der Waals surface area contributed by atoms with Crippen LogP contribution in [-0.2, 0) is 13.1 Å². The zero-order valence-electron chi connectivity index (χ0n) is 10.3. The predicted octanol–water partition coefficient (Wildman–Crippen LogP) is 3.03. The van der Waals surface area contributed by atoms with Crippen LogP contribution in [0, 0.1) is 5.92 Å². The van der Waals surface area contributed by atoms with Crippen LogP contribution in [0.5, 0.6) is 0 Å². The number of aromatic nitrogens is 1. The third kappa shape index (κ3) is 4.52. The fourth-order valence-corrected chi connectivity index (χ4v) is 1.68. The molecule has 0 bridgehead atoms. The van der Waals surface area contributed by atoms with Crippen LogP contribution in [0.3, 0.4) is 0 Å². The molecule has 0 atom stereocenters. The minimum Gasteiger partial charge on any atom is -0.350 e. The van der Waals surface area contributed by atoms with E-state index < -0.39 is 0 Å². The quantitative estimate of drug-likeness (QED) is 0.682. The highest BCUT2D eigenvalue weighted by atomic mass is 15.0. The fourth-order valence-electron chi connectivity index (χ4n) is 1.68. The Hall–Kier alpha value is -0.760. The highest BCUT2D eigenvalue weighted by Crippen LogP contribution is 2.03. The molecule has 0 saturated heterocycles. The Kier molecular flexibility index (Phi) is 5.48. The van der Waals surface area contributed by atoms with Gasteiger partial charge in [-0.15, -0.1) is 0 Å². The fraction of sp³-hybridized carbons (Fsp3) is 0.692. The topological polar surface area (TPSA) is 17.0 Å². The van der Waals surface area contributed by atoms with E-state index in [-0.39, 0.29) is 0 Å². The molecule has 0 radical (unpaired) electrons. The van der Waals surface area contributed by atoms with Crippen molar-refractivity contribution in [3.05, 3.63) is 24.0 Å².